The second-order valence-electron chi connectivity index (χ2n) is 7.55. The molecule has 4 heterocycles. The SMILES string of the molecule is Cc1cc(N2CC[C@]3(CCCN(C4CCOCC4)C3=O)C2)ccn1. The molecule has 0 bridgehead atoms. The van der Waals surface area contributed by atoms with Gasteiger partial charge in [-0.3, -0.25) is 9.78 Å². The van der Waals surface area contributed by atoms with Crippen LogP contribution in [0.1, 0.15) is 37.8 Å². The zero-order valence-corrected chi connectivity index (χ0v) is 14.5. The molecule has 5 nitrogen and oxygen atoms in total. The summed E-state index contributed by atoms with van der Waals surface area (Å²) in [5.41, 5.74) is 2.07. The van der Waals surface area contributed by atoms with Gasteiger partial charge in [-0.1, -0.05) is 0 Å². The van der Waals surface area contributed by atoms with Crippen molar-refractivity contribution in [1.82, 2.24) is 9.88 Å². The van der Waals surface area contributed by atoms with Crippen LogP contribution in [0.2, 0.25) is 0 Å². The van der Waals surface area contributed by atoms with E-state index in [0.717, 1.165) is 70.6 Å². The number of amides is 1. The molecular formula is C19H27N3O2. The zero-order chi connectivity index (χ0) is 16.6. The number of likely N-dealkylation sites (tertiary alicyclic amines) is 1. The van der Waals surface area contributed by atoms with Gasteiger partial charge in [-0.15, -0.1) is 0 Å². The maximum Gasteiger partial charge on any atom is 0.230 e. The zero-order valence-electron chi connectivity index (χ0n) is 14.5. The topological polar surface area (TPSA) is 45.7 Å². The molecule has 1 aromatic rings. The maximum atomic E-state index is 13.3. The first kappa shape index (κ1) is 15.9. The van der Waals surface area contributed by atoms with Crippen LogP contribution in [0.5, 0.6) is 0 Å². The van der Waals surface area contributed by atoms with E-state index in [1.807, 2.05) is 13.1 Å². The number of nitrogens with zero attached hydrogens (tertiary/aromatic N) is 3. The molecule has 3 aliphatic rings. The Kier molecular flexibility index (Phi) is 4.21. The molecule has 0 N–H and O–H groups in total. The van der Waals surface area contributed by atoms with Crippen LogP contribution in [0, 0.1) is 12.3 Å². The third-order valence-electron chi connectivity index (χ3n) is 6.00. The normalized spacial score (nSPS) is 28.8. The van der Waals surface area contributed by atoms with Gasteiger partial charge in [0.1, 0.15) is 0 Å². The lowest BCUT2D eigenvalue weighted by atomic mass is 9.77. The second-order valence-corrected chi connectivity index (χ2v) is 7.55. The number of carbonyl (C=O) groups excluding carboxylic acids is 1. The van der Waals surface area contributed by atoms with Crippen molar-refractivity contribution in [2.24, 2.45) is 5.41 Å². The standard InChI is InChI=1S/C19H27N3O2/c1-15-13-17(3-8-20-15)21-10-7-19(14-21)6-2-9-22(18(19)23)16-4-11-24-12-5-16/h3,8,13,16H,2,4-7,9-12,14H2,1H3/t19-/m1/s1. The lowest BCUT2D eigenvalue weighted by molar-refractivity contribution is -0.149. The van der Waals surface area contributed by atoms with Crippen LogP contribution in [0.3, 0.4) is 0 Å². The highest BCUT2D eigenvalue weighted by Gasteiger charge is 2.49. The summed E-state index contributed by atoms with van der Waals surface area (Å²) in [5, 5.41) is 0. The predicted molar refractivity (Wildman–Crippen MR) is 93.0 cm³/mol. The summed E-state index contributed by atoms with van der Waals surface area (Å²) < 4.78 is 5.48. The minimum atomic E-state index is -0.173. The molecule has 1 atom stereocenters. The Labute approximate surface area is 144 Å². The van der Waals surface area contributed by atoms with Gasteiger partial charge >= 0.3 is 0 Å². The van der Waals surface area contributed by atoms with Crippen molar-refractivity contribution in [2.75, 3.05) is 37.7 Å². The number of piperidine rings is 1. The van der Waals surface area contributed by atoms with Crippen molar-refractivity contribution in [3.63, 3.8) is 0 Å². The molecule has 4 rings (SSSR count). The van der Waals surface area contributed by atoms with Crippen molar-refractivity contribution >= 4 is 11.6 Å². The van der Waals surface area contributed by atoms with E-state index in [0.29, 0.717) is 11.9 Å². The molecule has 0 saturated carbocycles. The molecule has 0 aliphatic carbocycles. The number of aromatic nitrogens is 1. The molecule has 5 heteroatoms. The average molecular weight is 329 g/mol. The first-order valence-corrected chi connectivity index (χ1v) is 9.24. The Morgan fingerprint density at radius 1 is 1.25 bits per heavy atom. The molecule has 0 radical (unpaired) electrons. The molecule has 3 aliphatic heterocycles. The smallest absolute Gasteiger partial charge is 0.230 e. The molecule has 3 fully saturated rings. The monoisotopic (exact) mass is 329 g/mol. The fourth-order valence-electron chi connectivity index (χ4n) is 4.64. The fraction of sp³-hybridized carbons (Fsp3) is 0.684. The summed E-state index contributed by atoms with van der Waals surface area (Å²) in [4.78, 5) is 22.2. The summed E-state index contributed by atoms with van der Waals surface area (Å²) in [6.45, 7) is 6.37. The first-order chi connectivity index (χ1) is 11.7. The van der Waals surface area contributed by atoms with Crippen molar-refractivity contribution in [2.45, 2.75) is 45.1 Å². The van der Waals surface area contributed by atoms with E-state index in [4.69, 9.17) is 4.74 Å². The maximum absolute atomic E-state index is 13.3. The number of rotatable bonds is 2. The third-order valence-corrected chi connectivity index (χ3v) is 6.00. The van der Waals surface area contributed by atoms with Crippen LogP contribution < -0.4 is 4.90 Å². The van der Waals surface area contributed by atoms with Gasteiger partial charge in [-0.25, -0.2) is 0 Å². The average Bonchev–Trinajstić information content (AvgIpc) is 3.03. The van der Waals surface area contributed by atoms with E-state index in [-0.39, 0.29) is 5.41 Å². The number of carbonyl (C=O) groups is 1. The molecule has 0 unspecified atom stereocenters. The van der Waals surface area contributed by atoms with Gasteiger partial charge in [0.25, 0.3) is 0 Å². The van der Waals surface area contributed by atoms with Crippen LogP contribution in [0.25, 0.3) is 0 Å². The lowest BCUT2D eigenvalue weighted by Gasteiger charge is -2.44. The lowest BCUT2D eigenvalue weighted by Crippen LogP contribution is -2.54. The summed E-state index contributed by atoms with van der Waals surface area (Å²) in [5.74, 6) is 0.397. The van der Waals surface area contributed by atoms with Crippen LogP contribution in [-0.2, 0) is 9.53 Å². The summed E-state index contributed by atoms with van der Waals surface area (Å²) >= 11 is 0. The fourth-order valence-corrected chi connectivity index (χ4v) is 4.64. The van der Waals surface area contributed by atoms with Crippen molar-refractivity contribution in [1.29, 1.82) is 0 Å². The van der Waals surface area contributed by atoms with Crippen LogP contribution >= 0.6 is 0 Å². The quantitative estimate of drug-likeness (QED) is 0.836. The minimum absolute atomic E-state index is 0.173. The van der Waals surface area contributed by atoms with E-state index in [1.165, 1.54) is 5.69 Å². The van der Waals surface area contributed by atoms with E-state index in [9.17, 15) is 4.79 Å². The van der Waals surface area contributed by atoms with Gasteiger partial charge in [0, 0.05) is 56.5 Å². The van der Waals surface area contributed by atoms with E-state index in [1.54, 1.807) is 0 Å². The van der Waals surface area contributed by atoms with Gasteiger partial charge in [0.15, 0.2) is 0 Å². The van der Waals surface area contributed by atoms with Gasteiger partial charge < -0.3 is 14.5 Å². The van der Waals surface area contributed by atoms with Crippen LogP contribution in [0.15, 0.2) is 18.3 Å². The molecule has 1 aromatic heterocycles. The Bertz CT molecular complexity index is 614. The number of pyridine rings is 1. The van der Waals surface area contributed by atoms with E-state index >= 15 is 0 Å². The summed E-state index contributed by atoms with van der Waals surface area (Å²) in [6, 6.07) is 4.58. The number of ether oxygens (including phenoxy) is 1. The first-order valence-electron chi connectivity index (χ1n) is 9.24. The number of aryl methyl sites for hydroxylation is 1. The van der Waals surface area contributed by atoms with Crippen molar-refractivity contribution in [3.8, 4) is 0 Å². The van der Waals surface area contributed by atoms with Crippen LogP contribution in [0.4, 0.5) is 5.69 Å². The highest BCUT2D eigenvalue weighted by Crippen LogP contribution is 2.42. The number of hydrogen-bond acceptors (Lipinski definition) is 4. The largest absolute Gasteiger partial charge is 0.381 e. The van der Waals surface area contributed by atoms with Crippen molar-refractivity contribution < 1.29 is 9.53 Å². The molecular weight excluding hydrogens is 302 g/mol. The van der Waals surface area contributed by atoms with Gasteiger partial charge in [-0.05, 0) is 51.2 Å². The van der Waals surface area contributed by atoms with Gasteiger partial charge in [-0.2, -0.15) is 0 Å². The minimum Gasteiger partial charge on any atom is -0.381 e. The highest BCUT2D eigenvalue weighted by atomic mass is 16.5. The van der Waals surface area contributed by atoms with Crippen LogP contribution in [-0.4, -0.2) is 54.7 Å². The molecule has 130 valence electrons. The highest BCUT2D eigenvalue weighted by molar-refractivity contribution is 5.85. The Hall–Kier alpha value is -1.62. The van der Waals surface area contributed by atoms with E-state index < -0.39 is 0 Å². The van der Waals surface area contributed by atoms with Gasteiger partial charge in [0.2, 0.25) is 5.91 Å². The number of hydrogen-bond donors (Lipinski definition) is 0. The van der Waals surface area contributed by atoms with E-state index in [2.05, 4.69) is 26.9 Å². The van der Waals surface area contributed by atoms with Crippen molar-refractivity contribution in [3.05, 3.63) is 24.0 Å². The van der Waals surface area contributed by atoms with Gasteiger partial charge in [0.05, 0.1) is 5.41 Å². The molecule has 24 heavy (non-hydrogen) atoms. The summed E-state index contributed by atoms with van der Waals surface area (Å²) in [7, 11) is 0. The Balaban J connectivity index is 1.51. The molecule has 1 amide bonds. The Morgan fingerprint density at radius 2 is 2.08 bits per heavy atom. The second kappa shape index (κ2) is 6.36. The Morgan fingerprint density at radius 3 is 2.88 bits per heavy atom. The molecule has 0 aromatic carbocycles. The third kappa shape index (κ3) is 2.79. The number of anilines is 1. The predicted octanol–water partition coefficient (Wildman–Crippen LogP) is 2.39. The summed E-state index contributed by atoms with van der Waals surface area (Å²) in [6.07, 6.45) is 7.00. The molecule has 3 saturated heterocycles. The molecule has 1 spiro atoms.